The van der Waals surface area contributed by atoms with E-state index in [2.05, 4.69) is 10.6 Å². The van der Waals surface area contributed by atoms with E-state index in [9.17, 15) is 14.4 Å². The monoisotopic (exact) mass is 406 g/mol. The molecule has 2 atom stereocenters. The molecular weight excluding hydrogens is 372 g/mol. The highest BCUT2D eigenvalue weighted by atomic mass is 16.6. The second-order valence-electron chi connectivity index (χ2n) is 8.33. The zero-order chi connectivity index (χ0) is 22.0. The molecule has 0 saturated heterocycles. The molecule has 0 radical (unpaired) electrons. The minimum absolute atomic E-state index is 0.177. The number of amides is 2. The van der Waals surface area contributed by atoms with Gasteiger partial charge in [-0.2, -0.15) is 0 Å². The lowest BCUT2D eigenvalue weighted by Crippen LogP contribution is -2.53. The van der Waals surface area contributed by atoms with Crippen LogP contribution in [-0.4, -0.2) is 42.3 Å². The Morgan fingerprint density at radius 3 is 2.14 bits per heavy atom. The molecule has 1 rings (SSSR count). The first-order valence-electron chi connectivity index (χ1n) is 10.0. The second-order valence-corrected chi connectivity index (χ2v) is 8.33. The molecule has 1 aromatic carbocycles. The molecule has 2 N–H and O–H groups in total. The highest BCUT2D eigenvalue weighted by Gasteiger charge is 2.29. The van der Waals surface area contributed by atoms with Crippen LogP contribution < -0.4 is 10.6 Å². The van der Waals surface area contributed by atoms with Gasteiger partial charge in [0.15, 0.2) is 0 Å². The number of alkyl carbamates (subject to hydrolysis) is 1. The van der Waals surface area contributed by atoms with E-state index in [-0.39, 0.29) is 18.9 Å². The maximum atomic E-state index is 13.0. The molecule has 0 aliphatic carbocycles. The van der Waals surface area contributed by atoms with Crippen LogP contribution in [0.2, 0.25) is 0 Å². The van der Waals surface area contributed by atoms with Gasteiger partial charge < -0.3 is 20.1 Å². The summed E-state index contributed by atoms with van der Waals surface area (Å²) in [5, 5.41) is 5.36. The van der Waals surface area contributed by atoms with E-state index >= 15 is 0 Å². The van der Waals surface area contributed by atoms with Gasteiger partial charge in [0, 0.05) is 6.42 Å². The summed E-state index contributed by atoms with van der Waals surface area (Å²) in [5.74, 6) is -0.764. The van der Waals surface area contributed by atoms with Crippen LogP contribution in [0.15, 0.2) is 30.3 Å². The Kier molecular flexibility index (Phi) is 9.65. The lowest BCUT2D eigenvalue weighted by atomic mass is 10.0. The van der Waals surface area contributed by atoms with Gasteiger partial charge in [-0.3, -0.25) is 4.79 Å². The van der Waals surface area contributed by atoms with E-state index < -0.39 is 35.7 Å². The fourth-order valence-corrected chi connectivity index (χ4v) is 2.71. The van der Waals surface area contributed by atoms with Crippen molar-refractivity contribution in [3.8, 4) is 0 Å². The fraction of sp³-hybridized carbons (Fsp3) is 0.591. The van der Waals surface area contributed by atoms with E-state index in [1.807, 2.05) is 44.2 Å². The highest BCUT2D eigenvalue weighted by molar-refractivity contribution is 5.90. The first-order valence-corrected chi connectivity index (χ1v) is 10.0. The summed E-state index contributed by atoms with van der Waals surface area (Å²) in [6, 6.07) is 7.66. The maximum Gasteiger partial charge on any atom is 0.408 e. The lowest BCUT2D eigenvalue weighted by molar-refractivity contribution is -0.148. The van der Waals surface area contributed by atoms with Gasteiger partial charge in [-0.25, -0.2) is 9.59 Å². The van der Waals surface area contributed by atoms with E-state index in [0.29, 0.717) is 6.42 Å². The number of hydrogen-bond acceptors (Lipinski definition) is 5. The van der Waals surface area contributed by atoms with Crippen molar-refractivity contribution in [2.24, 2.45) is 5.92 Å². The zero-order valence-electron chi connectivity index (χ0n) is 18.3. The van der Waals surface area contributed by atoms with Crippen LogP contribution in [0, 0.1) is 5.92 Å². The zero-order valence-corrected chi connectivity index (χ0v) is 18.3. The smallest absolute Gasteiger partial charge is 0.408 e. The Morgan fingerprint density at radius 1 is 1.00 bits per heavy atom. The number of carbonyl (C=O) groups is 3. The van der Waals surface area contributed by atoms with Crippen LogP contribution in [0.5, 0.6) is 0 Å². The number of hydrogen-bond donors (Lipinski definition) is 2. The second kappa shape index (κ2) is 11.4. The predicted molar refractivity (Wildman–Crippen MR) is 111 cm³/mol. The SMILES string of the molecule is CCOC(=O)[C@@H](CC(C)C)NC(=O)[C@H](Cc1ccccc1)NC(=O)OC(C)(C)C. The molecule has 0 heterocycles. The van der Waals surface area contributed by atoms with Gasteiger partial charge in [-0.1, -0.05) is 44.2 Å². The standard InChI is InChI=1S/C22H34N2O5/c1-7-28-20(26)18(13-15(2)3)23-19(25)17(14-16-11-9-8-10-12-16)24-21(27)29-22(4,5)6/h8-12,15,17-18H,7,13-14H2,1-6H3,(H,23,25)(H,24,27)/t17-,18+/m0/s1. The predicted octanol–water partition coefficient (Wildman–Crippen LogP) is 3.22. The van der Waals surface area contributed by atoms with Crippen LogP contribution >= 0.6 is 0 Å². The van der Waals surface area contributed by atoms with Crippen molar-refractivity contribution in [3.63, 3.8) is 0 Å². The van der Waals surface area contributed by atoms with Crippen LogP contribution in [0.3, 0.4) is 0 Å². The largest absolute Gasteiger partial charge is 0.464 e. The lowest BCUT2D eigenvalue weighted by Gasteiger charge is -2.25. The fourth-order valence-electron chi connectivity index (χ4n) is 2.71. The summed E-state index contributed by atoms with van der Waals surface area (Å²) in [4.78, 5) is 37.5. The first kappa shape index (κ1) is 24.5. The summed E-state index contributed by atoms with van der Waals surface area (Å²) in [6.07, 6.45) is 0.0169. The van der Waals surface area contributed by atoms with Crippen molar-refractivity contribution in [2.45, 2.75) is 72.1 Å². The summed E-state index contributed by atoms with van der Waals surface area (Å²) in [5.41, 5.74) is 0.184. The number of rotatable bonds is 9. The molecule has 7 heteroatoms. The van der Waals surface area contributed by atoms with E-state index in [1.165, 1.54) is 0 Å². The van der Waals surface area contributed by atoms with Gasteiger partial charge in [0.05, 0.1) is 6.61 Å². The number of carbonyl (C=O) groups excluding carboxylic acids is 3. The molecule has 0 unspecified atom stereocenters. The third-order valence-electron chi connectivity index (χ3n) is 3.88. The molecule has 0 fully saturated rings. The molecule has 7 nitrogen and oxygen atoms in total. The quantitative estimate of drug-likeness (QED) is 0.614. The van der Waals surface area contributed by atoms with E-state index in [4.69, 9.17) is 9.47 Å². The van der Waals surface area contributed by atoms with Crippen LogP contribution in [0.4, 0.5) is 4.79 Å². The minimum atomic E-state index is -0.892. The number of esters is 1. The van der Waals surface area contributed by atoms with E-state index in [1.54, 1.807) is 27.7 Å². The van der Waals surface area contributed by atoms with Gasteiger partial charge in [0.1, 0.15) is 17.7 Å². The molecule has 0 bridgehead atoms. The van der Waals surface area contributed by atoms with Gasteiger partial charge in [0.25, 0.3) is 0 Å². The van der Waals surface area contributed by atoms with E-state index in [0.717, 1.165) is 5.56 Å². The van der Waals surface area contributed by atoms with Gasteiger partial charge in [0.2, 0.25) is 5.91 Å². The van der Waals surface area contributed by atoms with Gasteiger partial charge >= 0.3 is 12.1 Å². The molecule has 0 aromatic heterocycles. The first-order chi connectivity index (χ1) is 13.5. The van der Waals surface area contributed by atoms with Gasteiger partial charge in [-0.05, 0) is 45.6 Å². The van der Waals surface area contributed by atoms with Crippen molar-refractivity contribution in [2.75, 3.05) is 6.61 Å². The molecular formula is C22H34N2O5. The average molecular weight is 407 g/mol. The normalized spacial score (nSPS) is 13.3. The third-order valence-corrected chi connectivity index (χ3v) is 3.88. The topological polar surface area (TPSA) is 93.7 Å². The van der Waals surface area contributed by atoms with Crippen molar-refractivity contribution >= 4 is 18.0 Å². The Hall–Kier alpha value is -2.57. The Morgan fingerprint density at radius 2 is 1.62 bits per heavy atom. The molecule has 0 saturated carbocycles. The van der Waals surface area contributed by atoms with Crippen molar-refractivity contribution < 1.29 is 23.9 Å². The summed E-state index contributed by atoms with van der Waals surface area (Å²) in [6.45, 7) is 11.1. The molecule has 29 heavy (non-hydrogen) atoms. The summed E-state index contributed by atoms with van der Waals surface area (Å²) < 4.78 is 10.4. The average Bonchev–Trinajstić information content (AvgIpc) is 2.59. The maximum absolute atomic E-state index is 13.0. The molecule has 162 valence electrons. The molecule has 2 amide bonds. The Balaban J connectivity index is 2.97. The molecule has 0 aliphatic rings. The third kappa shape index (κ3) is 9.96. The summed E-state index contributed by atoms with van der Waals surface area (Å²) >= 11 is 0. The van der Waals surface area contributed by atoms with Gasteiger partial charge in [-0.15, -0.1) is 0 Å². The minimum Gasteiger partial charge on any atom is -0.464 e. The Bertz CT molecular complexity index is 668. The molecule has 0 spiro atoms. The molecule has 1 aromatic rings. The number of ether oxygens (including phenoxy) is 2. The number of benzene rings is 1. The molecule has 0 aliphatic heterocycles. The van der Waals surface area contributed by atoms with Crippen LogP contribution in [0.1, 0.15) is 53.5 Å². The van der Waals surface area contributed by atoms with Crippen molar-refractivity contribution in [1.82, 2.24) is 10.6 Å². The highest BCUT2D eigenvalue weighted by Crippen LogP contribution is 2.11. The van der Waals surface area contributed by atoms with Crippen molar-refractivity contribution in [1.29, 1.82) is 0 Å². The summed E-state index contributed by atoms with van der Waals surface area (Å²) in [7, 11) is 0. The number of nitrogens with one attached hydrogen (secondary N) is 2. The van der Waals surface area contributed by atoms with Crippen LogP contribution in [0.25, 0.3) is 0 Å². The van der Waals surface area contributed by atoms with Crippen LogP contribution in [-0.2, 0) is 25.5 Å². The van der Waals surface area contributed by atoms with Crippen molar-refractivity contribution in [3.05, 3.63) is 35.9 Å². The Labute approximate surface area is 173 Å².